The lowest BCUT2D eigenvalue weighted by Gasteiger charge is -2.04. The van der Waals surface area contributed by atoms with Crippen molar-refractivity contribution in [3.05, 3.63) is 46.7 Å². The monoisotopic (exact) mass is 293 g/mol. The van der Waals surface area contributed by atoms with Gasteiger partial charge in [-0.25, -0.2) is 4.79 Å². The van der Waals surface area contributed by atoms with Gasteiger partial charge in [0.15, 0.2) is 0 Å². The van der Waals surface area contributed by atoms with Crippen molar-refractivity contribution in [2.45, 2.75) is 12.8 Å². The van der Waals surface area contributed by atoms with Crippen molar-refractivity contribution >= 4 is 17.6 Å². The number of rotatable bonds is 5. The van der Waals surface area contributed by atoms with Crippen molar-refractivity contribution < 1.29 is 13.9 Å². The summed E-state index contributed by atoms with van der Waals surface area (Å²) in [6, 6.07) is 8.92. The average Bonchev–Trinajstić information content (AvgIpc) is 2.93. The van der Waals surface area contributed by atoms with E-state index in [1.54, 1.807) is 18.2 Å². The molecule has 0 aliphatic rings. The molecule has 1 heterocycles. The summed E-state index contributed by atoms with van der Waals surface area (Å²) in [5, 5.41) is 0.357. The van der Waals surface area contributed by atoms with E-state index >= 15 is 0 Å². The third-order valence-electron chi connectivity index (χ3n) is 2.95. The van der Waals surface area contributed by atoms with Crippen LogP contribution in [0, 0.1) is 0 Å². The second-order valence-electron chi connectivity index (χ2n) is 4.34. The third kappa shape index (κ3) is 3.21. The Balaban J connectivity index is 2.28. The number of benzene rings is 1. The summed E-state index contributed by atoms with van der Waals surface area (Å²) in [4.78, 5) is 11.6. The first kappa shape index (κ1) is 14.6. The predicted molar refractivity (Wildman–Crippen MR) is 77.9 cm³/mol. The minimum absolute atomic E-state index is 0.326. The number of nitrogens with two attached hydrogens (primary N) is 1. The van der Waals surface area contributed by atoms with Gasteiger partial charge in [0.2, 0.25) is 0 Å². The van der Waals surface area contributed by atoms with E-state index in [1.165, 1.54) is 7.11 Å². The fraction of sp³-hybridized carbons (Fsp3) is 0.267. The van der Waals surface area contributed by atoms with Crippen molar-refractivity contribution in [1.82, 2.24) is 0 Å². The van der Waals surface area contributed by atoms with Gasteiger partial charge in [-0.1, -0.05) is 11.6 Å². The number of hydrogen-bond acceptors (Lipinski definition) is 4. The lowest BCUT2D eigenvalue weighted by molar-refractivity contribution is 0.0601. The van der Waals surface area contributed by atoms with Crippen LogP contribution in [0.25, 0.3) is 11.3 Å². The van der Waals surface area contributed by atoms with Crippen LogP contribution in [0.15, 0.2) is 34.7 Å². The molecule has 2 N–H and O–H groups in total. The zero-order chi connectivity index (χ0) is 14.5. The molecule has 1 aromatic heterocycles. The number of methoxy groups -OCH3 is 1. The number of hydrogen-bond donors (Lipinski definition) is 1. The second kappa shape index (κ2) is 6.59. The van der Waals surface area contributed by atoms with Crippen molar-refractivity contribution in [3.63, 3.8) is 0 Å². The highest BCUT2D eigenvalue weighted by Crippen LogP contribution is 2.27. The van der Waals surface area contributed by atoms with Gasteiger partial charge in [0.05, 0.1) is 17.7 Å². The van der Waals surface area contributed by atoms with E-state index in [9.17, 15) is 4.79 Å². The summed E-state index contributed by atoms with van der Waals surface area (Å²) in [7, 11) is 1.32. The first-order chi connectivity index (χ1) is 9.65. The summed E-state index contributed by atoms with van der Waals surface area (Å²) in [5.74, 6) is 1.10. The number of ether oxygens (including phenoxy) is 1. The lowest BCUT2D eigenvalue weighted by Crippen LogP contribution is -2.02. The molecule has 2 aromatic rings. The normalized spacial score (nSPS) is 10.6. The minimum Gasteiger partial charge on any atom is -0.465 e. The Morgan fingerprint density at radius 1 is 1.35 bits per heavy atom. The fourth-order valence-electron chi connectivity index (χ4n) is 1.89. The highest BCUT2D eigenvalue weighted by Gasteiger charge is 2.13. The molecule has 0 radical (unpaired) electrons. The molecule has 0 saturated heterocycles. The molecular formula is C15H16ClNO3. The Kier molecular flexibility index (Phi) is 4.82. The highest BCUT2D eigenvalue weighted by molar-refractivity contribution is 6.33. The molecule has 5 heteroatoms. The number of furan rings is 1. The van der Waals surface area contributed by atoms with Gasteiger partial charge >= 0.3 is 5.97 Å². The van der Waals surface area contributed by atoms with Crippen molar-refractivity contribution in [1.29, 1.82) is 0 Å². The van der Waals surface area contributed by atoms with Crippen LogP contribution in [-0.2, 0) is 11.2 Å². The standard InChI is InChI=1S/C15H16ClNO3/c1-19-15(18)12-9-10(4-6-13(12)16)14-7-5-11(20-14)3-2-8-17/h4-7,9H,2-3,8,17H2,1H3. The van der Waals surface area contributed by atoms with E-state index in [0.717, 1.165) is 24.2 Å². The summed E-state index contributed by atoms with van der Waals surface area (Å²) in [6.45, 7) is 0.628. The van der Waals surface area contributed by atoms with Crippen LogP contribution >= 0.6 is 11.6 Å². The molecule has 0 aliphatic heterocycles. The van der Waals surface area contributed by atoms with Gasteiger partial charge in [0.1, 0.15) is 11.5 Å². The van der Waals surface area contributed by atoms with Crippen LogP contribution in [0.3, 0.4) is 0 Å². The van der Waals surface area contributed by atoms with Crippen LogP contribution in [0.1, 0.15) is 22.5 Å². The average molecular weight is 294 g/mol. The van der Waals surface area contributed by atoms with Crippen molar-refractivity contribution in [2.75, 3.05) is 13.7 Å². The first-order valence-corrected chi connectivity index (χ1v) is 6.70. The number of carbonyl (C=O) groups excluding carboxylic acids is 1. The first-order valence-electron chi connectivity index (χ1n) is 6.32. The summed E-state index contributed by atoms with van der Waals surface area (Å²) in [6.07, 6.45) is 1.68. The molecule has 4 nitrogen and oxygen atoms in total. The number of halogens is 1. The molecule has 0 saturated carbocycles. The van der Waals surface area contributed by atoms with Crippen LogP contribution in [-0.4, -0.2) is 19.6 Å². The lowest BCUT2D eigenvalue weighted by atomic mass is 10.1. The van der Waals surface area contributed by atoms with Gasteiger partial charge in [-0.15, -0.1) is 0 Å². The molecular weight excluding hydrogens is 278 g/mol. The summed E-state index contributed by atoms with van der Waals surface area (Å²) in [5.41, 5.74) is 6.58. The number of aryl methyl sites for hydroxylation is 1. The zero-order valence-electron chi connectivity index (χ0n) is 11.2. The smallest absolute Gasteiger partial charge is 0.339 e. The summed E-state index contributed by atoms with van der Waals surface area (Å²) < 4.78 is 10.4. The molecule has 1 aromatic carbocycles. The Morgan fingerprint density at radius 3 is 2.85 bits per heavy atom. The fourth-order valence-corrected chi connectivity index (χ4v) is 2.08. The van der Waals surface area contributed by atoms with E-state index < -0.39 is 5.97 Å². The molecule has 0 atom stereocenters. The minimum atomic E-state index is -0.466. The van der Waals surface area contributed by atoms with E-state index in [1.807, 2.05) is 12.1 Å². The zero-order valence-corrected chi connectivity index (χ0v) is 11.9. The molecule has 20 heavy (non-hydrogen) atoms. The van der Waals surface area contributed by atoms with Crippen LogP contribution < -0.4 is 5.73 Å². The van der Waals surface area contributed by atoms with Crippen molar-refractivity contribution in [3.8, 4) is 11.3 Å². The van der Waals surface area contributed by atoms with E-state index in [2.05, 4.69) is 0 Å². The maximum Gasteiger partial charge on any atom is 0.339 e. The molecule has 0 spiro atoms. The molecule has 106 valence electrons. The maximum absolute atomic E-state index is 11.6. The Labute approximate surface area is 122 Å². The predicted octanol–water partition coefficient (Wildman–Crippen LogP) is 3.28. The van der Waals surface area contributed by atoms with Crippen LogP contribution in [0.5, 0.6) is 0 Å². The van der Waals surface area contributed by atoms with E-state index in [-0.39, 0.29) is 0 Å². The quantitative estimate of drug-likeness (QED) is 0.859. The molecule has 0 aliphatic carbocycles. The van der Waals surface area contributed by atoms with Gasteiger partial charge < -0.3 is 14.9 Å². The Bertz CT molecular complexity index is 607. The van der Waals surface area contributed by atoms with Crippen LogP contribution in [0.2, 0.25) is 5.02 Å². The molecule has 0 unspecified atom stereocenters. The molecule has 2 rings (SSSR count). The topological polar surface area (TPSA) is 65.5 Å². The maximum atomic E-state index is 11.6. The second-order valence-corrected chi connectivity index (χ2v) is 4.75. The van der Waals surface area contributed by atoms with E-state index in [0.29, 0.717) is 22.9 Å². The molecule has 0 amide bonds. The SMILES string of the molecule is COC(=O)c1cc(-c2ccc(CCCN)o2)ccc1Cl. The number of esters is 1. The van der Waals surface area contributed by atoms with E-state index in [4.69, 9.17) is 26.5 Å². The molecule has 0 bridgehead atoms. The van der Waals surface area contributed by atoms with Crippen molar-refractivity contribution in [2.24, 2.45) is 5.73 Å². The van der Waals surface area contributed by atoms with Crippen LogP contribution in [0.4, 0.5) is 0 Å². The van der Waals surface area contributed by atoms with Gasteiger partial charge in [-0.05, 0) is 43.3 Å². The third-order valence-corrected chi connectivity index (χ3v) is 3.27. The number of carbonyl (C=O) groups is 1. The Hall–Kier alpha value is -1.78. The summed E-state index contributed by atoms with van der Waals surface area (Å²) >= 11 is 5.99. The Morgan fingerprint density at radius 2 is 2.15 bits per heavy atom. The van der Waals surface area contributed by atoms with Gasteiger partial charge in [-0.2, -0.15) is 0 Å². The van der Waals surface area contributed by atoms with Gasteiger partial charge in [0, 0.05) is 12.0 Å². The van der Waals surface area contributed by atoms with Gasteiger partial charge in [0.25, 0.3) is 0 Å². The van der Waals surface area contributed by atoms with Gasteiger partial charge in [-0.3, -0.25) is 0 Å². The largest absolute Gasteiger partial charge is 0.465 e. The molecule has 0 fully saturated rings. The highest BCUT2D eigenvalue weighted by atomic mass is 35.5.